The molecule has 10 nitrogen and oxygen atoms in total. The van der Waals surface area contributed by atoms with Crippen molar-refractivity contribution in [3.63, 3.8) is 0 Å². The molecule has 4 heterocycles. The second-order valence-electron chi connectivity index (χ2n) is 12.3. The smallest absolute Gasteiger partial charge is 0.410 e. The Balaban J connectivity index is 0.000000580. The maximum Gasteiger partial charge on any atom is 0.410 e. The van der Waals surface area contributed by atoms with Crippen LogP contribution in [0.5, 0.6) is 6.01 Å². The number of ether oxygens (including phenoxy) is 2. The van der Waals surface area contributed by atoms with Crippen molar-refractivity contribution < 1.29 is 14.3 Å². The Morgan fingerprint density at radius 3 is 2.55 bits per heavy atom. The second kappa shape index (κ2) is 15.1. The minimum Gasteiger partial charge on any atom is -0.467 e. The van der Waals surface area contributed by atoms with Crippen LogP contribution in [0, 0.1) is 11.3 Å². The minimum absolute atomic E-state index is 0.197. The summed E-state index contributed by atoms with van der Waals surface area (Å²) >= 11 is 0. The number of amides is 1. The summed E-state index contributed by atoms with van der Waals surface area (Å²) in [5.74, 6) is 0.824. The summed E-state index contributed by atoms with van der Waals surface area (Å²) < 4.78 is 11.1. The lowest BCUT2D eigenvalue weighted by atomic mass is 10.0. The van der Waals surface area contributed by atoms with Gasteiger partial charge in [-0.3, -0.25) is 0 Å². The van der Waals surface area contributed by atoms with Gasteiger partial charge in [0.25, 0.3) is 0 Å². The third kappa shape index (κ3) is 7.58. The van der Waals surface area contributed by atoms with Crippen LogP contribution >= 0.6 is 0 Å². The lowest BCUT2D eigenvalue weighted by molar-refractivity contribution is 0.0767. The second-order valence-corrected chi connectivity index (χ2v) is 12.3. The number of hydrogen-bond donors (Lipinski definition) is 1. The first-order chi connectivity index (χ1) is 23.0. The molecule has 7 rings (SSSR count). The van der Waals surface area contributed by atoms with Crippen molar-refractivity contribution >= 4 is 28.4 Å². The predicted octanol–water partition coefficient (Wildman–Crippen LogP) is 5.70. The zero-order valence-corrected chi connectivity index (χ0v) is 27.3. The fraction of sp³-hybridized carbons (Fsp3) is 0.405. The summed E-state index contributed by atoms with van der Waals surface area (Å²) in [6.45, 7) is 6.62. The number of piperazine rings is 1. The summed E-state index contributed by atoms with van der Waals surface area (Å²) in [4.78, 5) is 28.8. The summed E-state index contributed by atoms with van der Waals surface area (Å²) in [5.41, 5.74) is 4.14. The Morgan fingerprint density at radius 1 is 1.00 bits per heavy atom. The molecule has 0 radical (unpaired) electrons. The van der Waals surface area contributed by atoms with Gasteiger partial charge in [-0.05, 0) is 49.7 Å². The molecule has 0 saturated carbocycles. The van der Waals surface area contributed by atoms with Crippen LogP contribution in [0.4, 0.5) is 16.3 Å². The molecule has 2 saturated heterocycles. The van der Waals surface area contributed by atoms with Crippen LogP contribution in [0.15, 0.2) is 72.8 Å². The van der Waals surface area contributed by atoms with Gasteiger partial charge in [-0.2, -0.15) is 15.2 Å². The SMILES string of the molecule is CC1CCCN1.COc1nc2c(c(N3CCN(C(=O)OCc4ccccc4)C(CC#N)C3)n1)CCN(c1cccc3ccccc13)C2. The molecule has 4 aromatic rings. The molecule has 2 fully saturated rings. The van der Waals surface area contributed by atoms with Gasteiger partial charge < -0.3 is 29.5 Å². The number of hydrogen-bond acceptors (Lipinski definition) is 9. The molecule has 244 valence electrons. The Morgan fingerprint density at radius 2 is 1.81 bits per heavy atom. The van der Waals surface area contributed by atoms with Gasteiger partial charge in [0.15, 0.2) is 0 Å². The van der Waals surface area contributed by atoms with Crippen molar-refractivity contribution in [2.45, 2.75) is 57.8 Å². The first-order valence-corrected chi connectivity index (χ1v) is 16.5. The molecule has 1 N–H and O–H groups in total. The first-order valence-electron chi connectivity index (χ1n) is 16.5. The molecule has 0 aliphatic carbocycles. The first kappa shape index (κ1) is 32.1. The number of fused-ring (bicyclic) bond motifs is 2. The number of anilines is 2. The van der Waals surface area contributed by atoms with E-state index in [1.165, 1.54) is 35.8 Å². The molecule has 1 amide bonds. The van der Waals surface area contributed by atoms with E-state index in [2.05, 4.69) is 70.6 Å². The largest absolute Gasteiger partial charge is 0.467 e. The van der Waals surface area contributed by atoms with E-state index >= 15 is 0 Å². The Labute approximate surface area is 276 Å². The maximum absolute atomic E-state index is 13.0. The van der Waals surface area contributed by atoms with Crippen LogP contribution in [-0.2, 0) is 24.3 Å². The standard InChI is InChI=1S/C32H32N6O3.C5H11N/c1-40-31-34-28-21-36(29-13-7-11-24-10-5-6-12-26(24)29)17-15-27(28)30(35-31)37-18-19-38(25(20-37)14-16-33)32(39)41-22-23-8-3-2-4-9-23;1-5-3-2-4-6-5/h2-13,25H,14-15,17-22H2,1H3;5-6H,2-4H2,1H3. The van der Waals surface area contributed by atoms with Crippen molar-refractivity contribution in [2.75, 3.05) is 49.6 Å². The van der Waals surface area contributed by atoms with E-state index in [9.17, 15) is 10.1 Å². The van der Waals surface area contributed by atoms with Gasteiger partial charge in [0.2, 0.25) is 0 Å². The Hall–Kier alpha value is -4.88. The number of nitrogens with one attached hydrogen (secondary N) is 1. The molecular weight excluding hydrogens is 590 g/mol. The molecule has 3 aromatic carbocycles. The van der Waals surface area contributed by atoms with E-state index in [1.807, 2.05) is 30.3 Å². The fourth-order valence-corrected chi connectivity index (χ4v) is 6.66. The lowest BCUT2D eigenvalue weighted by Gasteiger charge is -2.41. The number of carbonyl (C=O) groups excluding carboxylic acids is 1. The average Bonchev–Trinajstić information content (AvgIpc) is 3.61. The van der Waals surface area contributed by atoms with E-state index < -0.39 is 6.09 Å². The van der Waals surface area contributed by atoms with Gasteiger partial charge >= 0.3 is 12.1 Å². The monoisotopic (exact) mass is 633 g/mol. The van der Waals surface area contributed by atoms with Gasteiger partial charge in [-0.15, -0.1) is 0 Å². The average molecular weight is 634 g/mol. The van der Waals surface area contributed by atoms with Crippen molar-refractivity contribution in [3.05, 3.63) is 89.6 Å². The molecule has 1 aromatic heterocycles. The topological polar surface area (TPSA) is 107 Å². The van der Waals surface area contributed by atoms with E-state index in [0.717, 1.165) is 41.6 Å². The molecular formula is C37H43N7O3. The van der Waals surface area contributed by atoms with Crippen LogP contribution in [0.1, 0.15) is 43.0 Å². The summed E-state index contributed by atoms with van der Waals surface area (Å²) in [6, 6.07) is 27.5. The highest BCUT2D eigenvalue weighted by molar-refractivity contribution is 5.94. The maximum atomic E-state index is 13.0. The quantitative estimate of drug-likeness (QED) is 0.286. The molecule has 2 atom stereocenters. The van der Waals surface area contributed by atoms with Crippen LogP contribution in [-0.4, -0.2) is 72.9 Å². The fourth-order valence-electron chi connectivity index (χ4n) is 6.66. The van der Waals surface area contributed by atoms with Crippen molar-refractivity contribution in [2.24, 2.45) is 0 Å². The van der Waals surface area contributed by atoms with E-state index in [4.69, 9.17) is 19.4 Å². The highest BCUT2D eigenvalue weighted by Crippen LogP contribution is 2.34. The van der Waals surface area contributed by atoms with Gasteiger partial charge in [0, 0.05) is 48.9 Å². The zero-order chi connectivity index (χ0) is 32.6. The van der Waals surface area contributed by atoms with Crippen LogP contribution in [0.25, 0.3) is 10.8 Å². The molecule has 10 heteroatoms. The highest BCUT2D eigenvalue weighted by atomic mass is 16.6. The van der Waals surface area contributed by atoms with Gasteiger partial charge in [-0.1, -0.05) is 66.7 Å². The lowest BCUT2D eigenvalue weighted by Crippen LogP contribution is -2.55. The summed E-state index contributed by atoms with van der Waals surface area (Å²) in [7, 11) is 1.58. The molecule has 0 bridgehead atoms. The van der Waals surface area contributed by atoms with Crippen LogP contribution in [0.2, 0.25) is 0 Å². The van der Waals surface area contributed by atoms with Crippen LogP contribution in [0.3, 0.4) is 0 Å². The number of methoxy groups -OCH3 is 1. The number of nitrogens with zero attached hydrogens (tertiary/aromatic N) is 6. The minimum atomic E-state index is -0.401. The van der Waals surface area contributed by atoms with Crippen molar-refractivity contribution in [1.82, 2.24) is 20.2 Å². The van der Waals surface area contributed by atoms with E-state index in [1.54, 1.807) is 12.0 Å². The predicted molar refractivity (Wildman–Crippen MR) is 184 cm³/mol. The zero-order valence-electron chi connectivity index (χ0n) is 27.3. The van der Waals surface area contributed by atoms with Crippen molar-refractivity contribution in [3.8, 4) is 12.1 Å². The van der Waals surface area contributed by atoms with E-state index in [-0.39, 0.29) is 19.1 Å². The summed E-state index contributed by atoms with van der Waals surface area (Å²) in [6.07, 6.45) is 3.33. The number of benzene rings is 3. The summed E-state index contributed by atoms with van der Waals surface area (Å²) in [5, 5.41) is 15.3. The van der Waals surface area contributed by atoms with E-state index in [0.29, 0.717) is 32.2 Å². The number of carbonyl (C=O) groups is 1. The number of nitriles is 1. The third-order valence-corrected chi connectivity index (χ3v) is 9.17. The van der Waals surface area contributed by atoms with Gasteiger partial charge in [0.05, 0.1) is 37.9 Å². The number of rotatable bonds is 6. The van der Waals surface area contributed by atoms with Crippen LogP contribution < -0.4 is 19.9 Å². The normalized spacial score (nSPS) is 19.0. The van der Waals surface area contributed by atoms with Gasteiger partial charge in [-0.25, -0.2) is 4.79 Å². The highest BCUT2D eigenvalue weighted by Gasteiger charge is 2.34. The molecule has 2 unspecified atom stereocenters. The Bertz CT molecular complexity index is 1700. The molecule has 3 aliphatic rings. The molecule has 3 aliphatic heterocycles. The Kier molecular flexibility index (Phi) is 10.3. The number of aromatic nitrogens is 2. The van der Waals surface area contributed by atoms with Crippen molar-refractivity contribution in [1.29, 1.82) is 5.26 Å². The van der Waals surface area contributed by atoms with Gasteiger partial charge in [0.1, 0.15) is 12.4 Å². The molecule has 0 spiro atoms. The third-order valence-electron chi connectivity index (χ3n) is 9.17. The molecule has 47 heavy (non-hydrogen) atoms.